The molecule has 2 rings (SSSR count). The minimum absolute atomic E-state index is 0.500. The lowest BCUT2D eigenvalue weighted by Gasteiger charge is -2.10. The Morgan fingerprint density at radius 2 is 2.15 bits per heavy atom. The number of thioether (sulfide) groups is 1. The number of nitrogens with zero attached hydrogens (tertiary/aromatic N) is 4. The summed E-state index contributed by atoms with van der Waals surface area (Å²) in [6.07, 6.45) is 2.45. The summed E-state index contributed by atoms with van der Waals surface area (Å²) in [6.45, 7) is 2.04. The Labute approximate surface area is 121 Å². The van der Waals surface area contributed by atoms with Crippen molar-refractivity contribution in [2.45, 2.75) is 36.6 Å². The van der Waals surface area contributed by atoms with Gasteiger partial charge in [0, 0.05) is 0 Å². The van der Waals surface area contributed by atoms with E-state index in [-0.39, 0.29) is 0 Å². The number of aliphatic carboxylic acids is 1. The van der Waals surface area contributed by atoms with Gasteiger partial charge < -0.3 is 5.11 Å². The summed E-state index contributed by atoms with van der Waals surface area (Å²) < 4.78 is 1.56. The van der Waals surface area contributed by atoms with Gasteiger partial charge in [0.25, 0.3) is 0 Å². The average molecular weight is 292 g/mol. The Balaban J connectivity index is 2.17. The van der Waals surface area contributed by atoms with E-state index in [1.165, 1.54) is 11.8 Å². The van der Waals surface area contributed by atoms with Gasteiger partial charge in [-0.05, 0) is 29.0 Å². The van der Waals surface area contributed by atoms with Crippen LogP contribution in [0, 0.1) is 0 Å². The van der Waals surface area contributed by atoms with E-state index in [0.29, 0.717) is 11.6 Å². The maximum absolute atomic E-state index is 11.3. The Morgan fingerprint density at radius 3 is 2.80 bits per heavy atom. The second-order valence-electron chi connectivity index (χ2n) is 4.30. The largest absolute Gasteiger partial charge is 0.480 e. The molecule has 1 aromatic heterocycles. The third kappa shape index (κ3) is 3.57. The summed E-state index contributed by atoms with van der Waals surface area (Å²) in [5.74, 6) is -0.828. The highest BCUT2D eigenvalue weighted by Gasteiger charge is 2.22. The number of aromatic nitrogens is 4. The number of carboxylic acids is 1. The molecule has 0 bridgehead atoms. The number of rotatable bonds is 7. The van der Waals surface area contributed by atoms with Crippen LogP contribution < -0.4 is 0 Å². The van der Waals surface area contributed by atoms with E-state index in [4.69, 9.17) is 0 Å². The maximum atomic E-state index is 11.3. The Hall–Kier alpha value is -1.89. The molecule has 0 saturated carbocycles. The van der Waals surface area contributed by atoms with Gasteiger partial charge in [-0.1, -0.05) is 49.7 Å². The molecule has 0 amide bonds. The lowest BCUT2D eigenvalue weighted by molar-refractivity contribution is -0.136. The molecule has 1 heterocycles. The van der Waals surface area contributed by atoms with E-state index < -0.39 is 11.2 Å². The molecule has 2 aromatic rings. The van der Waals surface area contributed by atoms with Crippen molar-refractivity contribution in [2.75, 3.05) is 0 Å². The van der Waals surface area contributed by atoms with E-state index in [1.54, 1.807) is 4.68 Å². The third-order valence-electron chi connectivity index (χ3n) is 2.78. The van der Waals surface area contributed by atoms with Crippen LogP contribution in [-0.4, -0.2) is 36.5 Å². The van der Waals surface area contributed by atoms with Crippen molar-refractivity contribution < 1.29 is 9.90 Å². The van der Waals surface area contributed by atoms with Crippen molar-refractivity contribution in [1.82, 2.24) is 20.2 Å². The zero-order chi connectivity index (χ0) is 14.4. The predicted octanol–water partition coefficient (Wildman–Crippen LogP) is 2.40. The fraction of sp³-hybridized carbons (Fsp3) is 0.385. The second kappa shape index (κ2) is 7.04. The summed E-state index contributed by atoms with van der Waals surface area (Å²) in [5.41, 5.74) is 0.819. The Kier molecular flexibility index (Phi) is 5.11. The minimum Gasteiger partial charge on any atom is -0.480 e. The molecular weight excluding hydrogens is 276 g/mol. The van der Waals surface area contributed by atoms with Gasteiger partial charge in [-0.15, -0.1) is 5.10 Å². The van der Waals surface area contributed by atoms with Gasteiger partial charge in [0.05, 0.1) is 5.69 Å². The number of hydrogen-bond acceptors (Lipinski definition) is 5. The van der Waals surface area contributed by atoms with Crippen molar-refractivity contribution in [3.8, 4) is 5.69 Å². The minimum atomic E-state index is -0.828. The molecule has 7 heteroatoms. The first-order chi connectivity index (χ1) is 9.72. The van der Waals surface area contributed by atoms with Gasteiger partial charge in [0.2, 0.25) is 5.16 Å². The predicted molar refractivity (Wildman–Crippen MR) is 76.0 cm³/mol. The molecule has 1 unspecified atom stereocenters. The number of carboxylic acid groups (broad SMARTS) is 1. The number of unbranched alkanes of at least 4 members (excludes halogenated alkanes) is 1. The van der Waals surface area contributed by atoms with Crippen molar-refractivity contribution in [3.05, 3.63) is 30.3 Å². The average Bonchev–Trinajstić information content (AvgIpc) is 2.92. The van der Waals surface area contributed by atoms with Gasteiger partial charge in [-0.3, -0.25) is 4.79 Å². The highest BCUT2D eigenvalue weighted by Crippen LogP contribution is 2.26. The molecule has 1 N–H and O–H groups in total. The van der Waals surface area contributed by atoms with Crippen LogP contribution in [-0.2, 0) is 4.79 Å². The quantitative estimate of drug-likeness (QED) is 0.789. The van der Waals surface area contributed by atoms with Crippen LogP contribution >= 0.6 is 11.8 Å². The number of para-hydroxylation sites is 1. The van der Waals surface area contributed by atoms with E-state index in [9.17, 15) is 9.90 Å². The summed E-state index contributed by atoms with van der Waals surface area (Å²) in [6, 6.07) is 9.43. The Morgan fingerprint density at radius 1 is 1.40 bits per heavy atom. The van der Waals surface area contributed by atoms with E-state index >= 15 is 0 Å². The lowest BCUT2D eigenvalue weighted by Crippen LogP contribution is -2.17. The summed E-state index contributed by atoms with van der Waals surface area (Å²) in [7, 11) is 0. The van der Waals surface area contributed by atoms with Crippen molar-refractivity contribution in [3.63, 3.8) is 0 Å². The molecule has 0 fully saturated rings. The summed E-state index contributed by atoms with van der Waals surface area (Å²) >= 11 is 1.19. The number of benzene rings is 1. The number of tetrazole rings is 1. The van der Waals surface area contributed by atoms with Crippen LogP contribution in [0.5, 0.6) is 0 Å². The molecule has 106 valence electrons. The fourth-order valence-corrected chi connectivity index (χ4v) is 2.70. The zero-order valence-electron chi connectivity index (χ0n) is 11.1. The lowest BCUT2D eigenvalue weighted by atomic mass is 10.2. The van der Waals surface area contributed by atoms with E-state index in [0.717, 1.165) is 18.5 Å². The standard InChI is InChI=1S/C13H16N4O2S/c1-2-3-9-11(12(18)19)20-13-14-15-16-17(13)10-7-5-4-6-8-10/h4-8,11H,2-3,9H2,1H3,(H,18,19). The van der Waals surface area contributed by atoms with Gasteiger partial charge in [0.15, 0.2) is 0 Å². The molecule has 1 aromatic carbocycles. The first-order valence-electron chi connectivity index (χ1n) is 6.45. The second-order valence-corrected chi connectivity index (χ2v) is 5.47. The molecule has 0 spiro atoms. The van der Waals surface area contributed by atoms with Crippen LogP contribution in [0.3, 0.4) is 0 Å². The summed E-state index contributed by atoms with van der Waals surface area (Å²) in [5, 5.41) is 20.7. The number of hydrogen-bond donors (Lipinski definition) is 1. The Bertz CT molecular complexity index is 559. The first kappa shape index (κ1) is 14.5. The van der Waals surface area contributed by atoms with Crippen LogP contribution in [0.25, 0.3) is 5.69 Å². The number of carbonyl (C=O) groups is 1. The zero-order valence-corrected chi connectivity index (χ0v) is 12.0. The molecule has 0 aliphatic rings. The molecule has 0 aliphatic heterocycles. The van der Waals surface area contributed by atoms with Crippen LogP contribution in [0.2, 0.25) is 0 Å². The summed E-state index contributed by atoms with van der Waals surface area (Å²) in [4.78, 5) is 11.3. The first-order valence-corrected chi connectivity index (χ1v) is 7.33. The highest BCUT2D eigenvalue weighted by molar-refractivity contribution is 8.00. The van der Waals surface area contributed by atoms with Crippen LogP contribution in [0.4, 0.5) is 0 Å². The molecule has 0 radical (unpaired) electrons. The highest BCUT2D eigenvalue weighted by atomic mass is 32.2. The van der Waals surface area contributed by atoms with Crippen LogP contribution in [0.15, 0.2) is 35.5 Å². The molecule has 0 saturated heterocycles. The van der Waals surface area contributed by atoms with Crippen LogP contribution in [0.1, 0.15) is 26.2 Å². The fourth-order valence-electron chi connectivity index (χ4n) is 1.73. The molecule has 20 heavy (non-hydrogen) atoms. The SMILES string of the molecule is CCCCC(Sc1nnnn1-c1ccccc1)C(=O)O. The third-order valence-corrected chi connectivity index (χ3v) is 3.97. The maximum Gasteiger partial charge on any atom is 0.317 e. The van der Waals surface area contributed by atoms with Crippen molar-refractivity contribution >= 4 is 17.7 Å². The topological polar surface area (TPSA) is 80.9 Å². The van der Waals surface area contributed by atoms with Gasteiger partial charge in [0.1, 0.15) is 5.25 Å². The molecule has 6 nitrogen and oxygen atoms in total. The van der Waals surface area contributed by atoms with Crippen molar-refractivity contribution in [1.29, 1.82) is 0 Å². The van der Waals surface area contributed by atoms with Gasteiger partial charge in [-0.2, -0.15) is 4.68 Å². The van der Waals surface area contributed by atoms with Gasteiger partial charge >= 0.3 is 5.97 Å². The van der Waals surface area contributed by atoms with E-state index in [2.05, 4.69) is 15.5 Å². The molecule has 0 aliphatic carbocycles. The normalized spacial score (nSPS) is 12.2. The van der Waals surface area contributed by atoms with E-state index in [1.807, 2.05) is 37.3 Å². The van der Waals surface area contributed by atoms with Crippen molar-refractivity contribution in [2.24, 2.45) is 0 Å². The molecular formula is C13H16N4O2S. The molecule has 1 atom stereocenters. The smallest absolute Gasteiger partial charge is 0.317 e. The van der Waals surface area contributed by atoms with Gasteiger partial charge in [-0.25, -0.2) is 0 Å². The monoisotopic (exact) mass is 292 g/mol.